The minimum Gasteiger partial charge on any atom is -0.431 e. The highest BCUT2D eigenvalue weighted by molar-refractivity contribution is 5.63. The highest BCUT2D eigenvalue weighted by atomic mass is 19.4. The lowest BCUT2D eigenvalue weighted by molar-refractivity contribution is -0.431. The van der Waals surface area contributed by atoms with Crippen molar-refractivity contribution in [3.05, 3.63) is 62.8 Å². The van der Waals surface area contributed by atoms with Crippen LogP contribution in [0.4, 0.5) is 18.0 Å². The number of nitro groups is 1. The number of alkyl halides is 3. The van der Waals surface area contributed by atoms with Gasteiger partial charge in [-0.2, -0.15) is 0 Å². The number of nitrogens with zero attached hydrogens (tertiary/aromatic N) is 1. The summed E-state index contributed by atoms with van der Waals surface area (Å²) in [6.45, 7) is 6.00. The smallest absolute Gasteiger partial charge is 0.431 e. The molecule has 8 nitrogen and oxygen atoms in total. The molecule has 1 aliphatic rings. The summed E-state index contributed by atoms with van der Waals surface area (Å²) in [4.78, 5) is 23.0. The first kappa shape index (κ1) is 22.1. The van der Waals surface area contributed by atoms with Crippen molar-refractivity contribution in [3.8, 4) is 5.75 Å². The van der Waals surface area contributed by atoms with Crippen molar-refractivity contribution in [1.82, 2.24) is 5.32 Å². The number of carbonyl (C=O) groups is 1. The van der Waals surface area contributed by atoms with E-state index in [9.17, 15) is 28.1 Å². The summed E-state index contributed by atoms with van der Waals surface area (Å²) in [5.41, 5.74) is -0.380. The molecule has 0 fully saturated rings. The van der Waals surface area contributed by atoms with Gasteiger partial charge in [0.2, 0.25) is 0 Å². The second kappa shape index (κ2) is 8.41. The molecule has 1 heterocycles. The summed E-state index contributed by atoms with van der Waals surface area (Å²) in [5, 5.41) is 14.4. The van der Waals surface area contributed by atoms with Crippen molar-refractivity contribution in [2.45, 2.75) is 46.1 Å². The van der Waals surface area contributed by atoms with E-state index in [1.807, 2.05) is 0 Å². The summed E-state index contributed by atoms with van der Waals surface area (Å²) in [5.74, 6) is -2.35. The maximum Gasteiger partial charge on any atom is 0.573 e. The van der Waals surface area contributed by atoms with Gasteiger partial charge in [-0.15, -0.1) is 13.2 Å². The SMILES string of the molecule is CC1=C(OC(=O)OC(C)C)C(c2ccccc2OC(F)(F)F)C([N+](=O)[O-])=C(C)N1. The lowest BCUT2D eigenvalue weighted by Gasteiger charge is -2.27. The second-order valence-corrected chi connectivity index (χ2v) is 6.42. The molecule has 0 bridgehead atoms. The number of allylic oxidation sites excluding steroid dienone is 2. The fourth-order valence-corrected chi connectivity index (χ4v) is 2.87. The zero-order valence-electron chi connectivity index (χ0n) is 16.0. The molecule has 0 saturated heterocycles. The summed E-state index contributed by atoms with van der Waals surface area (Å²) in [7, 11) is 0. The molecule has 29 heavy (non-hydrogen) atoms. The first-order valence-corrected chi connectivity index (χ1v) is 8.46. The van der Waals surface area contributed by atoms with Gasteiger partial charge in [0.1, 0.15) is 17.4 Å². The average molecular weight is 416 g/mol. The van der Waals surface area contributed by atoms with Crippen LogP contribution in [-0.2, 0) is 9.47 Å². The van der Waals surface area contributed by atoms with Gasteiger partial charge in [-0.05, 0) is 33.8 Å². The average Bonchev–Trinajstić information content (AvgIpc) is 2.55. The summed E-state index contributed by atoms with van der Waals surface area (Å²) >= 11 is 0. The van der Waals surface area contributed by atoms with E-state index in [-0.39, 0.29) is 22.7 Å². The molecule has 0 spiro atoms. The Hall–Kier alpha value is -3.24. The molecule has 0 radical (unpaired) electrons. The Morgan fingerprint density at radius 2 is 1.83 bits per heavy atom. The topological polar surface area (TPSA) is 99.9 Å². The number of hydrogen-bond donors (Lipinski definition) is 1. The van der Waals surface area contributed by atoms with Crippen molar-refractivity contribution >= 4 is 6.16 Å². The standard InChI is InChI=1S/C18H19F3N2O6/c1-9(2)27-17(24)28-16-11(4)22-10(3)15(23(25)26)14(16)12-7-5-6-8-13(12)29-18(19,20)21/h5-9,14,22H,1-4H3. The van der Waals surface area contributed by atoms with Crippen LogP contribution >= 0.6 is 0 Å². The lowest BCUT2D eigenvalue weighted by Crippen LogP contribution is -2.31. The Kier molecular flexibility index (Phi) is 6.40. The van der Waals surface area contributed by atoms with Crippen molar-refractivity contribution in [2.24, 2.45) is 0 Å². The second-order valence-electron chi connectivity index (χ2n) is 6.42. The first-order chi connectivity index (χ1) is 13.4. The van der Waals surface area contributed by atoms with Crippen LogP contribution in [0.1, 0.15) is 39.2 Å². The van der Waals surface area contributed by atoms with Crippen molar-refractivity contribution in [3.63, 3.8) is 0 Å². The van der Waals surface area contributed by atoms with Crippen LogP contribution in [0, 0.1) is 10.1 Å². The van der Waals surface area contributed by atoms with E-state index in [0.717, 1.165) is 6.07 Å². The van der Waals surface area contributed by atoms with Gasteiger partial charge in [0.05, 0.1) is 22.4 Å². The third-order valence-corrected chi connectivity index (χ3v) is 3.84. The number of hydrogen-bond acceptors (Lipinski definition) is 7. The third kappa shape index (κ3) is 5.39. The number of nitrogens with one attached hydrogen (secondary N) is 1. The zero-order valence-corrected chi connectivity index (χ0v) is 16.0. The van der Waals surface area contributed by atoms with Gasteiger partial charge in [0.25, 0.3) is 5.70 Å². The van der Waals surface area contributed by atoms with E-state index in [2.05, 4.69) is 10.1 Å². The summed E-state index contributed by atoms with van der Waals surface area (Å²) in [6.07, 6.45) is -6.70. The molecule has 1 unspecified atom stereocenters. The molecule has 11 heteroatoms. The van der Waals surface area contributed by atoms with Gasteiger partial charge >= 0.3 is 12.5 Å². The zero-order chi connectivity index (χ0) is 21.9. The maximum absolute atomic E-state index is 12.9. The number of halogens is 3. The van der Waals surface area contributed by atoms with Crippen LogP contribution in [0.15, 0.2) is 47.1 Å². The molecule has 1 atom stereocenters. The highest BCUT2D eigenvalue weighted by Gasteiger charge is 2.43. The molecule has 0 aliphatic carbocycles. The number of benzene rings is 1. The van der Waals surface area contributed by atoms with Gasteiger partial charge in [0.15, 0.2) is 0 Å². The molecule has 1 N–H and O–H groups in total. The van der Waals surface area contributed by atoms with E-state index in [1.165, 1.54) is 32.0 Å². The fraction of sp³-hybridized carbons (Fsp3) is 0.389. The van der Waals surface area contributed by atoms with E-state index >= 15 is 0 Å². The largest absolute Gasteiger partial charge is 0.573 e. The van der Waals surface area contributed by atoms with Crippen molar-refractivity contribution in [1.29, 1.82) is 0 Å². The maximum atomic E-state index is 12.9. The molecule has 0 aromatic heterocycles. The van der Waals surface area contributed by atoms with Gasteiger partial charge in [-0.1, -0.05) is 18.2 Å². The van der Waals surface area contributed by atoms with Crippen LogP contribution in [0.25, 0.3) is 0 Å². The van der Waals surface area contributed by atoms with Crippen molar-refractivity contribution in [2.75, 3.05) is 0 Å². The number of ether oxygens (including phenoxy) is 3. The van der Waals surface area contributed by atoms with Crippen LogP contribution < -0.4 is 10.1 Å². The van der Waals surface area contributed by atoms with Gasteiger partial charge in [-0.25, -0.2) is 4.79 Å². The van der Waals surface area contributed by atoms with Gasteiger partial charge in [0, 0.05) is 5.56 Å². The lowest BCUT2D eigenvalue weighted by atomic mass is 9.89. The Bertz CT molecular complexity index is 877. The van der Waals surface area contributed by atoms with E-state index in [1.54, 1.807) is 13.8 Å². The van der Waals surface area contributed by atoms with Crippen molar-refractivity contribution < 1.29 is 37.1 Å². The molecule has 1 aromatic rings. The third-order valence-electron chi connectivity index (χ3n) is 3.84. The Morgan fingerprint density at radius 1 is 1.21 bits per heavy atom. The Balaban J connectivity index is 2.62. The predicted octanol–water partition coefficient (Wildman–Crippen LogP) is 4.57. The molecule has 0 amide bonds. The van der Waals surface area contributed by atoms with Crippen LogP contribution in [0.2, 0.25) is 0 Å². The first-order valence-electron chi connectivity index (χ1n) is 8.46. The highest BCUT2D eigenvalue weighted by Crippen LogP contribution is 2.43. The Labute approximate surface area is 164 Å². The normalized spacial score (nSPS) is 17.2. The van der Waals surface area contributed by atoms with Crippen LogP contribution in [-0.4, -0.2) is 23.5 Å². The van der Waals surface area contributed by atoms with E-state index in [4.69, 9.17) is 9.47 Å². The molecular weight excluding hydrogens is 397 g/mol. The minimum absolute atomic E-state index is 0.0869. The summed E-state index contributed by atoms with van der Waals surface area (Å²) < 4.78 is 52.7. The van der Waals surface area contributed by atoms with E-state index in [0.29, 0.717) is 0 Å². The number of rotatable bonds is 5. The molecule has 1 aromatic carbocycles. The van der Waals surface area contributed by atoms with Gasteiger partial charge in [-0.3, -0.25) is 10.1 Å². The number of carbonyl (C=O) groups excluding carboxylic acids is 1. The molecular formula is C18H19F3N2O6. The molecule has 1 aliphatic heterocycles. The molecule has 2 rings (SSSR count). The van der Waals surface area contributed by atoms with Crippen LogP contribution in [0.3, 0.4) is 0 Å². The Morgan fingerprint density at radius 3 is 2.38 bits per heavy atom. The number of para-hydroxylation sites is 1. The molecule has 0 saturated carbocycles. The predicted molar refractivity (Wildman–Crippen MR) is 94.1 cm³/mol. The number of dihydropyridines is 1. The van der Waals surface area contributed by atoms with Crippen LogP contribution in [0.5, 0.6) is 5.75 Å². The fourth-order valence-electron chi connectivity index (χ4n) is 2.87. The van der Waals surface area contributed by atoms with E-state index < -0.39 is 40.9 Å². The quantitative estimate of drug-likeness (QED) is 0.426. The minimum atomic E-state index is -5.02. The van der Waals surface area contributed by atoms with Gasteiger partial charge < -0.3 is 19.5 Å². The monoisotopic (exact) mass is 416 g/mol. The molecule has 158 valence electrons. The summed E-state index contributed by atoms with van der Waals surface area (Å²) in [6, 6.07) is 4.94.